The highest BCUT2D eigenvalue weighted by atomic mass is 35.5. The van der Waals surface area contributed by atoms with Gasteiger partial charge in [-0.25, -0.2) is 4.79 Å². The minimum absolute atomic E-state index is 0.0536. The van der Waals surface area contributed by atoms with Crippen molar-refractivity contribution in [1.82, 2.24) is 4.57 Å². The summed E-state index contributed by atoms with van der Waals surface area (Å²) in [5.41, 5.74) is 5.90. The van der Waals surface area contributed by atoms with Crippen LogP contribution in [0.3, 0.4) is 0 Å². The van der Waals surface area contributed by atoms with E-state index >= 15 is 0 Å². The summed E-state index contributed by atoms with van der Waals surface area (Å²) in [6, 6.07) is 15.1. The van der Waals surface area contributed by atoms with Crippen LogP contribution in [0.2, 0.25) is 5.02 Å². The van der Waals surface area contributed by atoms with Gasteiger partial charge in [0.1, 0.15) is 0 Å². The van der Waals surface area contributed by atoms with Crippen molar-refractivity contribution in [3.8, 4) is 5.69 Å². The molecular weight excluding hydrogens is 473 g/mol. The predicted molar refractivity (Wildman–Crippen MR) is 122 cm³/mol. The Bertz CT molecular complexity index is 1400. The van der Waals surface area contributed by atoms with Crippen LogP contribution in [0.15, 0.2) is 72.9 Å². The minimum Gasteiger partial charge on any atom is -0.366 e. The molecule has 0 radical (unpaired) electrons. The number of alkyl halides is 3. The average Bonchev–Trinajstić information content (AvgIpc) is 3.19. The lowest BCUT2D eigenvalue weighted by atomic mass is 10.2. The third-order valence-corrected chi connectivity index (χ3v) is 5.40. The van der Waals surface area contributed by atoms with Crippen LogP contribution in [0.5, 0.6) is 0 Å². The van der Waals surface area contributed by atoms with E-state index in [2.05, 4.69) is 5.32 Å². The summed E-state index contributed by atoms with van der Waals surface area (Å²) < 4.78 is 40.9. The van der Waals surface area contributed by atoms with Crippen LogP contribution in [-0.4, -0.2) is 21.7 Å². The second-order valence-electron chi connectivity index (χ2n) is 7.24. The number of hydrogen-bond donors (Lipinski definition) is 3. The molecule has 1 heterocycles. The molecule has 4 rings (SSSR count). The fourth-order valence-corrected chi connectivity index (χ4v) is 3.68. The average molecular weight is 489 g/mol. The van der Waals surface area contributed by atoms with Gasteiger partial charge in [-0.1, -0.05) is 29.8 Å². The molecule has 1 aromatic heterocycles. The van der Waals surface area contributed by atoms with Gasteiger partial charge in [-0.2, -0.15) is 18.2 Å². The zero-order valence-electron chi connectivity index (χ0n) is 17.2. The van der Waals surface area contributed by atoms with Gasteiger partial charge in [0.2, 0.25) is 0 Å². The maximum absolute atomic E-state index is 13.0. The van der Waals surface area contributed by atoms with Crippen LogP contribution in [-0.2, 0) is 6.18 Å². The zero-order chi connectivity index (χ0) is 24.6. The maximum Gasteiger partial charge on any atom is 0.417 e. The number of amides is 3. The van der Waals surface area contributed by atoms with Crippen molar-refractivity contribution in [2.24, 2.45) is 5.73 Å². The summed E-state index contributed by atoms with van der Waals surface area (Å²) in [5, 5.41) is 12.7. The summed E-state index contributed by atoms with van der Waals surface area (Å²) in [7, 11) is 0. The lowest BCUT2D eigenvalue weighted by molar-refractivity contribution is -0.137. The van der Waals surface area contributed by atoms with Gasteiger partial charge < -0.3 is 15.6 Å². The van der Waals surface area contributed by atoms with E-state index in [4.69, 9.17) is 17.3 Å². The van der Waals surface area contributed by atoms with E-state index in [0.717, 1.165) is 17.6 Å². The molecule has 4 N–H and O–H groups in total. The number of nitrogens with zero attached hydrogens (tertiary/aromatic N) is 2. The molecule has 0 aliphatic carbocycles. The summed E-state index contributed by atoms with van der Waals surface area (Å²) in [5.74, 6) is -0.572. The normalized spacial score (nSPS) is 11.4. The molecule has 0 fully saturated rings. The Labute approximate surface area is 195 Å². The van der Waals surface area contributed by atoms with E-state index in [1.165, 1.54) is 12.1 Å². The molecule has 0 atom stereocenters. The van der Waals surface area contributed by atoms with Crippen LogP contribution < -0.4 is 16.1 Å². The highest BCUT2D eigenvalue weighted by Crippen LogP contribution is 2.37. The smallest absolute Gasteiger partial charge is 0.366 e. The monoisotopic (exact) mass is 488 g/mol. The number of carbonyl (C=O) groups is 2. The summed E-state index contributed by atoms with van der Waals surface area (Å²) in [4.78, 5) is 24.1. The highest BCUT2D eigenvalue weighted by Gasteiger charge is 2.34. The van der Waals surface area contributed by atoms with Crippen molar-refractivity contribution in [3.63, 3.8) is 0 Å². The Morgan fingerprint density at radius 1 is 1.03 bits per heavy atom. The van der Waals surface area contributed by atoms with Gasteiger partial charge in [-0.05, 0) is 48.5 Å². The Balaban J connectivity index is 1.55. The molecule has 3 aromatic carbocycles. The third kappa shape index (κ3) is 4.41. The Morgan fingerprint density at radius 3 is 2.35 bits per heavy atom. The number of rotatable bonds is 4. The number of anilines is 2. The van der Waals surface area contributed by atoms with Crippen molar-refractivity contribution in [2.45, 2.75) is 6.18 Å². The highest BCUT2D eigenvalue weighted by molar-refractivity contribution is 6.31. The van der Waals surface area contributed by atoms with E-state index in [9.17, 15) is 28.0 Å². The van der Waals surface area contributed by atoms with E-state index < -0.39 is 34.4 Å². The van der Waals surface area contributed by atoms with E-state index in [1.54, 1.807) is 35.0 Å². The van der Waals surface area contributed by atoms with Crippen molar-refractivity contribution in [1.29, 1.82) is 0 Å². The first kappa shape index (κ1) is 23.1. The fraction of sp³-hybridized carbons (Fsp3) is 0.0435. The number of hydrogen-bond acceptors (Lipinski definition) is 3. The number of halogens is 4. The maximum atomic E-state index is 13.0. The number of fused-ring (bicyclic) bond motifs is 1. The Kier molecular flexibility index (Phi) is 5.94. The number of aromatic nitrogens is 1. The van der Waals surface area contributed by atoms with Crippen molar-refractivity contribution in [3.05, 3.63) is 89.1 Å². The Hall–Kier alpha value is -4.02. The van der Waals surface area contributed by atoms with Crippen LogP contribution >= 0.6 is 11.6 Å². The molecule has 7 nitrogen and oxygen atoms in total. The largest absolute Gasteiger partial charge is 0.417 e. The summed E-state index contributed by atoms with van der Waals surface area (Å²) >= 11 is 5.57. The molecule has 0 bridgehead atoms. The lowest BCUT2D eigenvalue weighted by Crippen LogP contribution is -2.32. The first-order valence-corrected chi connectivity index (χ1v) is 10.1. The van der Waals surface area contributed by atoms with Gasteiger partial charge in [0.15, 0.2) is 0 Å². The molecule has 0 unspecified atom stereocenters. The van der Waals surface area contributed by atoms with E-state index in [-0.39, 0.29) is 10.8 Å². The molecule has 174 valence electrons. The molecule has 0 aliphatic heterocycles. The number of para-hydroxylation sites is 1. The first-order chi connectivity index (χ1) is 16.1. The standard InChI is InChI=1S/C23H16ClF3N4O3/c24-19-10-9-15(11-18(19)23(25,26)27)31(34)22(33)29-13-5-7-14(8-6-13)30-12-17(21(28)32)16-3-1-2-4-20(16)30/h1-12,34H,(H2,28,32)(H,29,33). The molecule has 34 heavy (non-hydrogen) atoms. The number of nitrogens with two attached hydrogens (primary N) is 1. The predicted octanol–water partition coefficient (Wildman–Crippen LogP) is 5.83. The molecule has 0 aliphatic rings. The summed E-state index contributed by atoms with van der Waals surface area (Å²) in [6.07, 6.45) is -3.15. The molecule has 4 aromatic rings. The molecule has 3 amide bonds. The number of primary amides is 1. The first-order valence-electron chi connectivity index (χ1n) is 9.73. The number of benzene rings is 3. The van der Waals surface area contributed by atoms with Gasteiger partial charge >= 0.3 is 12.2 Å². The van der Waals surface area contributed by atoms with Gasteiger partial charge in [0.05, 0.1) is 27.4 Å². The number of nitrogens with one attached hydrogen (secondary N) is 1. The topological polar surface area (TPSA) is 101 Å². The van der Waals surface area contributed by atoms with E-state index in [0.29, 0.717) is 22.7 Å². The Morgan fingerprint density at radius 2 is 1.71 bits per heavy atom. The molecule has 11 heteroatoms. The quantitative estimate of drug-likeness (QED) is 0.249. The molecule has 0 saturated carbocycles. The second kappa shape index (κ2) is 8.73. The van der Waals surface area contributed by atoms with Gasteiger partial charge in [-0.15, -0.1) is 0 Å². The minimum atomic E-state index is -4.75. The fourth-order valence-electron chi connectivity index (χ4n) is 3.45. The van der Waals surface area contributed by atoms with Crippen LogP contribution in [0.25, 0.3) is 16.6 Å². The van der Waals surface area contributed by atoms with Gasteiger partial charge in [0.25, 0.3) is 5.91 Å². The van der Waals surface area contributed by atoms with Crippen LogP contribution in [0, 0.1) is 0 Å². The molecule has 0 saturated heterocycles. The lowest BCUT2D eigenvalue weighted by Gasteiger charge is -2.18. The molecule has 0 spiro atoms. The van der Waals surface area contributed by atoms with Crippen molar-refractivity contribution >= 4 is 45.8 Å². The number of carbonyl (C=O) groups excluding carboxylic acids is 2. The number of urea groups is 1. The van der Waals surface area contributed by atoms with Gasteiger partial charge in [-0.3, -0.25) is 10.0 Å². The second-order valence-corrected chi connectivity index (χ2v) is 7.65. The number of hydroxylamine groups is 1. The van der Waals surface area contributed by atoms with Crippen molar-refractivity contribution in [2.75, 3.05) is 10.4 Å². The molecular formula is C23H16ClF3N4O3. The van der Waals surface area contributed by atoms with Crippen LogP contribution in [0.4, 0.5) is 29.3 Å². The van der Waals surface area contributed by atoms with E-state index in [1.807, 2.05) is 12.1 Å². The summed E-state index contributed by atoms with van der Waals surface area (Å²) in [6.45, 7) is 0. The SMILES string of the molecule is NC(=O)c1cn(-c2ccc(NC(=O)N(O)c3ccc(Cl)c(C(F)(F)F)c3)cc2)c2ccccc12. The zero-order valence-corrected chi connectivity index (χ0v) is 17.9. The van der Waals surface area contributed by atoms with Gasteiger partial charge in [0, 0.05) is 23.0 Å². The van der Waals surface area contributed by atoms with Crippen molar-refractivity contribution < 1.29 is 28.0 Å². The van der Waals surface area contributed by atoms with Crippen LogP contribution in [0.1, 0.15) is 15.9 Å². The third-order valence-electron chi connectivity index (χ3n) is 5.07.